The van der Waals surface area contributed by atoms with E-state index in [9.17, 15) is 9.90 Å². The molecule has 0 aliphatic heterocycles. The van der Waals surface area contributed by atoms with Crippen LogP contribution in [0.1, 0.15) is 239 Å². The van der Waals surface area contributed by atoms with E-state index in [0.29, 0.717) is 12.8 Å². The average Bonchev–Trinajstić information content (AvgIpc) is 3.01. The van der Waals surface area contributed by atoms with Crippen molar-refractivity contribution in [1.82, 2.24) is 0 Å². The molecule has 0 aromatic carbocycles. The molecule has 0 aliphatic rings. The van der Waals surface area contributed by atoms with Crippen LogP contribution in [-0.4, -0.2) is 23.3 Å². The van der Waals surface area contributed by atoms with Crippen LogP contribution in [0.2, 0.25) is 0 Å². The maximum absolute atomic E-state index is 12.4. The van der Waals surface area contributed by atoms with Crippen LogP contribution in [0.25, 0.3) is 0 Å². The standard InChI is InChI=1S/C40H80O3/c1-4-7-9-11-13-15-17-19-20-21-22-23-24-25-27-29-31-33-35-37-40(42)43-39(38(41)6-3)36-34-32-30-28-26-18-16-14-12-10-8-5-2/h38-39,41H,4-37H2,1-3H3. The van der Waals surface area contributed by atoms with Crippen molar-refractivity contribution in [3.05, 3.63) is 0 Å². The van der Waals surface area contributed by atoms with Gasteiger partial charge in [0.05, 0.1) is 6.10 Å². The van der Waals surface area contributed by atoms with Gasteiger partial charge in [0.2, 0.25) is 0 Å². The summed E-state index contributed by atoms with van der Waals surface area (Å²) in [5.74, 6) is -0.108. The predicted molar refractivity (Wildman–Crippen MR) is 190 cm³/mol. The lowest BCUT2D eigenvalue weighted by atomic mass is 10.0. The molecule has 43 heavy (non-hydrogen) atoms. The second kappa shape index (κ2) is 35.9. The summed E-state index contributed by atoms with van der Waals surface area (Å²) in [7, 11) is 0. The molecule has 3 heteroatoms. The Kier molecular flexibility index (Phi) is 35.4. The van der Waals surface area contributed by atoms with Gasteiger partial charge in [-0.05, 0) is 25.7 Å². The zero-order chi connectivity index (χ0) is 31.5. The van der Waals surface area contributed by atoms with Crippen LogP contribution in [0.3, 0.4) is 0 Å². The summed E-state index contributed by atoms with van der Waals surface area (Å²) in [4.78, 5) is 12.4. The van der Waals surface area contributed by atoms with E-state index in [1.54, 1.807) is 0 Å². The number of carbonyl (C=O) groups excluding carboxylic acids is 1. The number of aliphatic hydroxyl groups is 1. The smallest absolute Gasteiger partial charge is 0.306 e. The molecule has 0 rings (SSSR count). The number of hydrogen-bond donors (Lipinski definition) is 1. The minimum absolute atomic E-state index is 0.108. The molecule has 2 unspecified atom stereocenters. The van der Waals surface area contributed by atoms with Crippen molar-refractivity contribution in [2.45, 2.75) is 251 Å². The fraction of sp³-hybridized carbons (Fsp3) is 0.975. The Morgan fingerprint density at radius 2 is 0.721 bits per heavy atom. The predicted octanol–water partition coefficient (Wildman–Crippen LogP) is 13.6. The van der Waals surface area contributed by atoms with E-state index >= 15 is 0 Å². The quantitative estimate of drug-likeness (QED) is 0.0568. The number of esters is 1. The van der Waals surface area contributed by atoms with Crippen molar-refractivity contribution in [2.75, 3.05) is 0 Å². The van der Waals surface area contributed by atoms with Gasteiger partial charge in [-0.2, -0.15) is 0 Å². The fourth-order valence-electron chi connectivity index (χ4n) is 6.35. The Bertz CT molecular complexity index is 534. The van der Waals surface area contributed by atoms with Crippen molar-refractivity contribution in [1.29, 1.82) is 0 Å². The molecule has 0 amide bonds. The molecular formula is C40H80O3. The Morgan fingerprint density at radius 3 is 1.02 bits per heavy atom. The largest absolute Gasteiger partial charge is 0.460 e. The highest BCUT2D eigenvalue weighted by atomic mass is 16.6. The van der Waals surface area contributed by atoms with Gasteiger partial charge in [-0.1, -0.05) is 207 Å². The lowest BCUT2D eigenvalue weighted by molar-refractivity contribution is -0.156. The first-order valence-electron chi connectivity index (χ1n) is 20.0. The van der Waals surface area contributed by atoms with Crippen LogP contribution in [0.15, 0.2) is 0 Å². The van der Waals surface area contributed by atoms with Gasteiger partial charge in [0.15, 0.2) is 0 Å². The molecule has 0 aliphatic carbocycles. The van der Waals surface area contributed by atoms with Gasteiger partial charge < -0.3 is 9.84 Å². The average molecular weight is 609 g/mol. The molecule has 0 bridgehead atoms. The highest BCUT2D eigenvalue weighted by Gasteiger charge is 2.21. The summed E-state index contributed by atoms with van der Waals surface area (Å²) < 4.78 is 5.75. The maximum Gasteiger partial charge on any atom is 0.306 e. The summed E-state index contributed by atoms with van der Waals surface area (Å²) in [6.07, 6.45) is 42.8. The van der Waals surface area contributed by atoms with Gasteiger partial charge >= 0.3 is 5.97 Å². The third-order valence-electron chi connectivity index (χ3n) is 9.46. The normalized spacial score (nSPS) is 12.9. The van der Waals surface area contributed by atoms with E-state index in [-0.39, 0.29) is 12.1 Å². The van der Waals surface area contributed by atoms with Crippen LogP contribution in [-0.2, 0) is 9.53 Å². The number of aliphatic hydroxyl groups excluding tert-OH is 1. The summed E-state index contributed by atoms with van der Waals surface area (Å²) in [6.45, 7) is 6.55. The molecule has 0 aromatic rings. The molecule has 0 saturated heterocycles. The first-order valence-corrected chi connectivity index (χ1v) is 20.0. The highest BCUT2D eigenvalue weighted by molar-refractivity contribution is 5.69. The van der Waals surface area contributed by atoms with Crippen LogP contribution < -0.4 is 0 Å². The number of hydrogen-bond acceptors (Lipinski definition) is 3. The highest BCUT2D eigenvalue weighted by Crippen LogP contribution is 2.18. The molecular weight excluding hydrogens is 528 g/mol. The zero-order valence-electron chi connectivity index (χ0n) is 30.0. The van der Waals surface area contributed by atoms with Crippen molar-refractivity contribution in [2.24, 2.45) is 0 Å². The van der Waals surface area contributed by atoms with Crippen LogP contribution in [0.5, 0.6) is 0 Å². The minimum atomic E-state index is -0.526. The lowest BCUT2D eigenvalue weighted by Crippen LogP contribution is -2.30. The topological polar surface area (TPSA) is 46.5 Å². The second-order valence-corrected chi connectivity index (χ2v) is 13.8. The lowest BCUT2D eigenvalue weighted by Gasteiger charge is -2.22. The molecule has 0 aromatic heterocycles. The van der Waals surface area contributed by atoms with Crippen molar-refractivity contribution >= 4 is 5.97 Å². The van der Waals surface area contributed by atoms with Gasteiger partial charge in [0, 0.05) is 6.42 Å². The first-order chi connectivity index (χ1) is 21.2. The third kappa shape index (κ3) is 32.6. The molecule has 0 fully saturated rings. The Balaban J connectivity index is 3.56. The van der Waals surface area contributed by atoms with Crippen LogP contribution >= 0.6 is 0 Å². The molecule has 2 atom stereocenters. The summed E-state index contributed by atoms with van der Waals surface area (Å²) in [5, 5.41) is 10.4. The van der Waals surface area contributed by atoms with Gasteiger partial charge in [-0.25, -0.2) is 0 Å². The van der Waals surface area contributed by atoms with E-state index in [0.717, 1.165) is 25.7 Å². The Labute approximate surface area is 271 Å². The van der Waals surface area contributed by atoms with E-state index in [4.69, 9.17) is 4.74 Å². The maximum atomic E-state index is 12.4. The van der Waals surface area contributed by atoms with Gasteiger partial charge in [-0.3, -0.25) is 4.79 Å². The van der Waals surface area contributed by atoms with E-state index < -0.39 is 6.10 Å². The third-order valence-corrected chi connectivity index (χ3v) is 9.46. The van der Waals surface area contributed by atoms with Gasteiger partial charge in [0.1, 0.15) is 6.10 Å². The number of carbonyl (C=O) groups is 1. The molecule has 0 spiro atoms. The number of rotatable bonds is 36. The molecule has 0 heterocycles. The van der Waals surface area contributed by atoms with Gasteiger partial charge in [0.25, 0.3) is 0 Å². The van der Waals surface area contributed by atoms with E-state index in [1.807, 2.05) is 6.92 Å². The summed E-state index contributed by atoms with van der Waals surface area (Å²) in [6, 6.07) is 0. The van der Waals surface area contributed by atoms with Crippen molar-refractivity contribution < 1.29 is 14.6 Å². The molecule has 0 radical (unpaired) electrons. The fourth-order valence-corrected chi connectivity index (χ4v) is 6.35. The molecule has 258 valence electrons. The van der Waals surface area contributed by atoms with Crippen LogP contribution in [0.4, 0.5) is 0 Å². The number of unbranched alkanes of at least 4 members (excludes halogenated alkanes) is 29. The van der Waals surface area contributed by atoms with E-state index in [1.165, 1.54) is 180 Å². The zero-order valence-corrected chi connectivity index (χ0v) is 30.0. The SMILES string of the molecule is CCCCCCCCCCCCCCCCCCCCCC(=O)OC(CCCCCCCCCCCCCC)C(O)CC. The van der Waals surface area contributed by atoms with Gasteiger partial charge in [-0.15, -0.1) is 0 Å². The van der Waals surface area contributed by atoms with Crippen molar-refractivity contribution in [3.63, 3.8) is 0 Å². The van der Waals surface area contributed by atoms with Crippen LogP contribution in [0, 0.1) is 0 Å². The molecule has 3 nitrogen and oxygen atoms in total. The van der Waals surface area contributed by atoms with Crippen molar-refractivity contribution in [3.8, 4) is 0 Å². The Morgan fingerprint density at radius 1 is 0.442 bits per heavy atom. The van der Waals surface area contributed by atoms with E-state index in [2.05, 4.69) is 13.8 Å². The molecule has 1 N–H and O–H groups in total. The monoisotopic (exact) mass is 609 g/mol. The summed E-state index contributed by atoms with van der Waals surface area (Å²) in [5.41, 5.74) is 0. The minimum Gasteiger partial charge on any atom is -0.460 e. The first kappa shape index (κ1) is 42.4. The second-order valence-electron chi connectivity index (χ2n) is 13.8. The molecule has 0 saturated carbocycles. The number of ether oxygens (including phenoxy) is 1. The Hall–Kier alpha value is -0.570. The summed E-state index contributed by atoms with van der Waals surface area (Å²) >= 11 is 0.